The summed E-state index contributed by atoms with van der Waals surface area (Å²) < 4.78 is 17.8. The van der Waals surface area contributed by atoms with Crippen LogP contribution in [-0.4, -0.2) is 55.1 Å². The molecule has 0 spiro atoms. The molecule has 7 heteroatoms. The predicted octanol–water partition coefficient (Wildman–Crippen LogP) is 0.932. The van der Waals surface area contributed by atoms with Crippen LogP contribution in [-0.2, 0) is 4.74 Å². The molecule has 0 saturated carbocycles. The number of nitrogens with zero attached hydrogens (tertiary/aromatic N) is 2. The van der Waals surface area contributed by atoms with E-state index in [0.29, 0.717) is 26.2 Å². The Hall–Kier alpha value is -2.31. The number of anilines is 1. The maximum Gasteiger partial charge on any atom is 0.409 e. The van der Waals surface area contributed by atoms with Gasteiger partial charge in [0.15, 0.2) is 0 Å². The molecule has 0 aliphatic carbocycles. The number of methoxy groups -OCH3 is 1. The van der Waals surface area contributed by atoms with Crippen molar-refractivity contribution in [2.45, 2.75) is 0 Å². The van der Waals surface area contributed by atoms with Crippen molar-refractivity contribution in [3.8, 4) is 0 Å². The van der Waals surface area contributed by atoms with Crippen LogP contribution in [0.5, 0.6) is 0 Å². The second-order valence-electron chi connectivity index (χ2n) is 4.48. The van der Waals surface area contributed by atoms with E-state index >= 15 is 0 Å². The summed E-state index contributed by atoms with van der Waals surface area (Å²) in [5.41, 5.74) is 6.09. The Bertz CT molecular complexity index is 528. The van der Waals surface area contributed by atoms with Crippen LogP contribution in [0.1, 0.15) is 10.4 Å². The maximum atomic E-state index is 13.2. The predicted molar refractivity (Wildman–Crippen MR) is 70.7 cm³/mol. The van der Waals surface area contributed by atoms with E-state index in [-0.39, 0.29) is 17.2 Å². The number of halogens is 1. The van der Waals surface area contributed by atoms with Gasteiger partial charge in [-0.2, -0.15) is 0 Å². The molecule has 1 aliphatic heterocycles. The van der Waals surface area contributed by atoms with E-state index in [2.05, 4.69) is 4.74 Å². The van der Waals surface area contributed by atoms with Crippen LogP contribution >= 0.6 is 0 Å². The first-order valence-electron chi connectivity index (χ1n) is 6.20. The van der Waals surface area contributed by atoms with Gasteiger partial charge in [-0.1, -0.05) is 0 Å². The normalized spacial score (nSPS) is 15.1. The monoisotopic (exact) mass is 281 g/mol. The summed E-state index contributed by atoms with van der Waals surface area (Å²) in [5.74, 6) is -0.831. The van der Waals surface area contributed by atoms with E-state index in [4.69, 9.17) is 5.73 Å². The van der Waals surface area contributed by atoms with Gasteiger partial charge >= 0.3 is 6.09 Å². The number of hydrogen-bond acceptors (Lipinski definition) is 4. The molecule has 0 atom stereocenters. The van der Waals surface area contributed by atoms with Crippen LogP contribution in [0.2, 0.25) is 0 Å². The molecule has 1 heterocycles. The third kappa shape index (κ3) is 2.81. The maximum absolute atomic E-state index is 13.2. The van der Waals surface area contributed by atoms with E-state index in [1.807, 2.05) is 0 Å². The highest BCUT2D eigenvalue weighted by molar-refractivity contribution is 5.99. The quantitative estimate of drug-likeness (QED) is 0.777. The summed E-state index contributed by atoms with van der Waals surface area (Å²) in [6.07, 6.45) is -0.414. The van der Waals surface area contributed by atoms with Gasteiger partial charge in [-0.15, -0.1) is 0 Å². The summed E-state index contributed by atoms with van der Waals surface area (Å²) in [6.45, 7) is 1.50. The molecule has 2 amide bonds. The van der Waals surface area contributed by atoms with Gasteiger partial charge in [0.05, 0.1) is 12.7 Å². The molecule has 1 aliphatic rings. The van der Waals surface area contributed by atoms with E-state index in [1.54, 1.807) is 4.90 Å². The minimum atomic E-state index is -0.504. The van der Waals surface area contributed by atoms with Crippen LogP contribution in [0.25, 0.3) is 0 Å². The van der Waals surface area contributed by atoms with Crippen molar-refractivity contribution >= 4 is 17.7 Å². The molecule has 2 N–H and O–H groups in total. The molecule has 0 bridgehead atoms. The minimum Gasteiger partial charge on any atom is -0.453 e. The number of nitrogen functional groups attached to an aromatic ring is 1. The fourth-order valence-electron chi connectivity index (χ4n) is 2.11. The number of benzene rings is 1. The zero-order chi connectivity index (χ0) is 14.7. The van der Waals surface area contributed by atoms with Gasteiger partial charge in [-0.05, 0) is 18.2 Å². The van der Waals surface area contributed by atoms with Gasteiger partial charge in [0, 0.05) is 31.9 Å². The third-order valence-electron chi connectivity index (χ3n) is 3.25. The van der Waals surface area contributed by atoms with Crippen LogP contribution < -0.4 is 5.73 Å². The number of ether oxygens (including phenoxy) is 1. The number of rotatable bonds is 1. The Morgan fingerprint density at radius 3 is 2.40 bits per heavy atom. The largest absolute Gasteiger partial charge is 0.453 e. The average molecular weight is 281 g/mol. The highest BCUT2D eigenvalue weighted by atomic mass is 19.1. The SMILES string of the molecule is COC(=O)N1CCN(C(=O)c2cc(F)ccc2N)CC1. The second kappa shape index (κ2) is 5.77. The summed E-state index contributed by atoms with van der Waals surface area (Å²) in [6, 6.07) is 3.71. The van der Waals surface area contributed by atoms with E-state index < -0.39 is 11.9 Å². The number of carbonyl (C=O) groups excluding carboxylic acids is 2. The van der Waals surface area contributed by atoms with Gasteiger partial charge in [-0.25, -0.2) is 9.18 Å². The third-order valence-corrected chi connectivity index (χ3v) is 3.25. The Morgan fingerprint density at radius 1 is 1.20 bits per heavy atom. The number of carbonyl (C=O) groups is 2. The van der Waals surface area contributed by atoms with Crippen molar-refractivity contribution in [3.05, 3.63) is 29.6 Å². The highest BCUT2D eigenvalue weighted by Crippen LogP contribution is 2.17. The van der Waals surface area contributed by atoms with Crippen LogP contribution in [0, 0.1) is 5.82 Å². The Balaban J connectivity index is 2.05. The number of hydrogen-bond donors (Lipinski definition) is 1. The first-order chi connectivity index (χ1) is 9.52. The van der Waals surface area contributed by atoms with Gasteiger partial charge in [0.2, 0.25) is 0 Å². The molecule has 20 heavy (non-hydrogen) atoms. The van der Waals surface area contributed by atoms with Gasteiger partial charge in [-0.3, -0.25) is 4.79 Å². The van der Waals surface area contributed by atoms with Crippen LogP contribution in [0.15, 0.2) is 18.2 Å². The molecule has 1 aromatic carbocycles. The standard InChI is InChI=1S/C13H16FN3O3/c1-20-13(19)17-6-4-16(5-7-17)12(18)10-8-9(14)2-3-11(10)15/h2-3,8H,4-7,15H2,1H3. The molecule has 1 saturated heterocycles. The summed E-state index contributed by atoms with van der Waals surface area (Å²) in [7, 11) is 1.31. The van der Waals surface area contributed by atoms with Crippen molar-refractivity contribution in [2.75, 3.05) is 39.0 Å². The number of piperazine rings is 1. The molecule has 1 aromatic rings. The van der Waals surface area contributed by atoms with Crippen LogP contribution in [0.4, 0.5) is 14.9 Å². The lowest BCUT2D eigenvalue weighted by Gasteiger charge is -2.34. The first kappa shape index (κ1) is 14.1. The lowest BCUT2D eigenvalue weighted by atomic mass is 10.1. The molecule has 0 aromatic heterocycles. The molecule has 0 unspecified atom stereocenters. The zero-order valence-corrected chi connectivity index (χ0v) is 11.1. The smallest absolute Gasteiger partial charge is 0.409 e. The minimum absolute atomic E-state index is 0.150. The number of nitrogens with two attached hydrogens (primary N) is 1. The summed E-state index contributed by atoms with van der Waals surface area (Å²) >= 11 is 0. The molecule has 1 fully saturated rings. The summed E-state index contributed by atoms with van der Waals surface area (Å²) in [5, 5.41) is 0. The topological polar surface area (TPSA) is 75.9 Å². The Kier molecular flexibility index (Phi) is 4.07. The fraction of sp³-hybridized carbons (Fsp3) is 0.385. The highest BCUT2D eigenvalue weighted by Gasteiger charge is 2.26. The summed E-state index contributed by atoms with van der Waals surface area (Å²) in [4.78, 5) is 26.7. The average Bonchev–Trinajstić information content (AvgIpc) is 2.48. The molecule has 6 nitrogen and oxygen atoms in total. The lowest BCUT2D eigenvalue weighted by Crippen LogP contribution is -2.50. The van der Waals surface area contributed by atoms with E-state index in [1.165, 1.54) is 24.1 Å². The van der Waals surface area contributed by atoms with Crippen molar-refractivity contribution in [1.82, 2.24) is 9.80 Å². The van der Waals surface area contributed by atoms with E-state index in [0.717, 1.165) is 6.07 Å². The van der Waals surface area contributed by atoms with Crippen molar-refractivity contribution < 1.29 is 18.7 Å². The molecular weight excluding hydrogens is 265 g/mol. The lowest BCUT2D eigenvalue weighted by molar-refractivity contribution is 0.0600. The molecule has 2 rings (SSSR count). The molecule has 108 valence electrons. The fourth-order valence-corrected chi connectivity index (χ4v) is 2.11. The zero-order valence-electron chi connectivity index (χ0n) is 11.1. The number of amides is 2. The molecule has 0 radical (unpaired) electrons. The Morgan fingerprint density at radius 2 is 1.80 bits per heavy atom. The van der Waals surface area contributed by atoms with Crippen LogP contribution in [0.3, 0.4) is 0 Å². The Labute approximate surface area is 115 Å². The van der Waals surface area contributed by atoms with Crippen molar-refractivity contribution in [2.24, 2.45) is 0 Å². The van der Waals surface area contributed by atoms with E-state index in [9.17, 15) is 14.0 Å². The molecular formula is C13H16FN3O3. The van der Waals surface area contributed by atoms with Crippen molar-refractivity contribution in [1.29, 1.82) is 0 Å². The van der Waals surface area contributed by atoms with Gasteiger partial charge in [0.25, 0.3) is 5.91 Å². The van der Waals surface area contributed by atoms with Gasteiger partial charge in [0.1, 0.15) is 5.82 Å². The van der Waals surface area contributed by atoms with Gasteiger partial charge < -0.3 is 20.3 Å². The first-order valence-corrected chi connectivity index (χ1v) is 6.20. The van der Waals surface area contributed by atoms with Crippen molar-refractivity contribution in [3.63, 3.8) is 0 Å². The second-order valence-corrected chi connectivity index (χ2v) is 4.48.